The smallest absolute Gasteiger partial charge is 0.269 e. The van der Waals surface area contributed by atoms with Crippen LogP contribution in [0.5, 0.6) is 0 Å². The first-order valence-electron chi connectivity index (χ1n) is 11.7. The van der Waals surface area contributed by atoms with Gasteiger partial charge in [0.05, 0.1) is 16.8 Å². The van der Waals surface area contributed by atoms with Crippen molar-refractivity contribution in [3.05, 3.63) is 105 Å². The first-order valence-corrected chi connectivity index (χ1v) is 12.4. The molecule has 1 fully saturated rings. The van der Waals surface area contributed by atoms with Gasteiger partial charge in [0.25, 0.3) is 5.69 Å². The molecule has 4 aliphatic rings. The number of rotatable bonds is 5. The maximum Gasteiger partial charge on any atom is 0.269 e. The third-order valence-corrected chi connectivity index (χ3v) is 8.89. The van der Waals surface area contributed by atoms with Gasteiger partial charge in [-0.25, -0.2) is 0 Å². The molecule has 0 unspecified atom stereocenters. The largest absolute Gasteiger partial charge is 0.326 e. The Balaban J connectivity index is 1.29. The van der Waals surface area contributed by atoms with Gasteiger partial charge >= 0.3 is 0 Å². The van der Waals surface area contributed by atoms with Crippen molar-refractivity contribution in [3.63, 3.8) is 0 Å². The zero-order valence-electron chi connectivity index (χ0n) is 19.2. The van der Waals surface area contributed by atoms with Gasteiger partial charge in [-0.15, -0.1) is 23.2 Å². The van der Waals surface area contributed by atoms with E-state index in [0.29, 0.717) is 27.9 Å². The number of nitrogens with zero attached hydrogens (tertiary/aromatic N) is 2. The molecule has 1 N–H and O–H groups in total. The van der Waals surface area contributed by atoms with Gasteiger partial charge in [0, 0.05) is 30.8 Å². The number of non-ortho nitro benzene ring substituents is 1. The fourth-order valence-electron chi connectivity index (χ4n) is 6.05. The molecular weight excluding hydrogens is 517 g/mol. The predicted octanol–water partition coefficient (Wildman–Crippen LogP) is 4.52. The zero-order valence-corrected chi connectivity index (χ0v) is 20.7. The molecule has 186 valence electrons. The summed E-state index contributed by atoms with van der Waals surface area (Å²) >= 11 is 14.7. The highest BCUT2D eigenvalue weighted by atomic mass is 35.5. The molecule has 1 aliphatic heterocycles. The van der Waals surface area contributed by atoms with E-state index in [9.17, 15) is 24.5 Å². The Kier molecular flexibility index (Phi) is 5.19. The van der Waals surface area contributed by atoms with Crippen molar-refractivity contribution < 1.29 is 19.3 Å². The summed E-state index contributed by atoms with van der Waals surface area (Å²) in [4.78, 5) is 48.9. The lowest BCUT2D eigenvalue weighted by molar-refractivity contribution is -0.384. The van der Waals surface area contributed by atoms with Crippen molar-refractivity contribution in [2.75, 3.05) is 11.9 Å². The Bertz CT molecular complexity index is 1380. The van der Waals surface area contributed by atoms with Crippen LogP contribution in [-0.2, 0) is 24.1 Å². The van der Waals surface area contributed by atoms with Crippen LogP contribution < -0.4 is 5.32 Å². The first kappa shape index (κ1) is 23.6. The van der Waals surface area contributed by atoms with Gasteiger partial charge in [-0.3, -0.25) is 29.4 Å². The molecule has 0 radical (unpaired) electrons. The monoisotopic (exact) mass is 535 g/mol. The predicted molar refractivity (Wildman–Crippen MR) is 136 cm³/mol. The molecule has 0 aromatic heterocycles. The molecular formula is C27H19Cl2N3O5. The number of benzene rings is 3. The lowest BCUT2D eigenvalue weighted by Gasteiger charge is -2.54. The van der Waals surface area contributed by atoms with E-state index < -0.39 is 44.2 Å². The number of imide groups is 1. The molecule has 3 aromatic rings. The van der Waals surface area contributed by atoms with Crippen LogP contribution in [0.4, 0.5) is 11.4 Å². The Labute approximate surface area is 221 Å². The Morgan fingerprint density at radius 1 is 0.838 bits per heavy atom. The van der Waals surface area contributed by atoms with Gasteiger partial charge < -0.3 is 5.32 Å². The van der Waals surface area contributed by atoms with E-state index in [4.69, 9.17) is 23.2 Å². The van der Waals surface area contributed by atoms with Crippen LogP contribution in [0.1, 0.15) is 28.7 Å². The molecule has 2 atom stereocenters. The van der Waals surface area contributed by atoms with E-state index in [1.54, 1.807) is 0 Å². The van der Waals surface area contributed by atoms with E-state index in [1.165, 1.54) is 24.3 Å². The Morgan fingerprint density at radius 2 is 1.27 bits per heavy atom. The highest BCUT2D eigenvalue weighted by Crippen LogP contribution is 2.69. The number of halogens is 2. The fraction of sp³-hybridized carbons (Fsp3) is 0.222. The van der Waals surface area contributed by atoms with Crippen molar-refractivity contribution in [3.8, 4) is 0 Å². The van der Waals surface area contributed by atoms with E-state index in [2.05, 4.69) is 5.32 Å². The van der Waals surface area contributed by atoms with E-state index in [1.807, 2.05) is 48.5 Å². The number of anilines is 1. The number of likely N-dealkylation sites (tertiary alicyclic amines) is 1. The van der Waals surface area contributed by atoms with Gasteiger partial charge in [-0.05, 0) is 34.4 Å². The molecule has 3 aliphatic carbocycles. The molecule has 0 spiro atoms. The molecule has 2 bridgehead atoms. The first-order chi connectivity index (χ1) is 17.7. The van der Waals surface area contributed by atoms with Crippen molar-refractivity contribution in [2.24, 2.45) is 11.8 Å². The van der Waals surface area contributed by atoms with Crippen molar-refractivity contribution in [1.82, 2.24) is 4.90 Å². The van der Waals surface area contributed by atoms with E-state index in [0.717, 1.165) is 4.90 Å². The van der Waals surface area contributed by atoms with Crippen LogP contribution in [0.15, 0.2) is 72.8 Å². The highest BCUT2D eigenvalue weighted by molar-refractivity contribution is 6.36. The third-order valence-electron chi connectivity index (χ3n) is 7.60. The maximum atomic E-state index is 13.7. The van der Waals surface area contributed by atoms with E-state index in [-0.39, 0.29) is 18.7 Å². The number of alkyl halides is 2. The number of hydrogen-bond acceptors (Lipinski definition) is 5. The van der Waals surface area contributed by atoms with Crippen LogP contribution >= 0.6 is 23.2 Å². The normalized spacial score (nSPS) is 26.9. The molecule has 1 heterocycles. The minimum atomic E-state index is -1.27. The average molecular weight is 536 g/mol. The van der Waals surface area contributed by atoms with Crippen molar-refractivity contribution in [2.45, 2.75) is 16.2 Å². The summed E-state index contributed by atoms with van der Waals surface area (Å²) in [5.41, 5.74) is 3.12. The highest BCUT2D eigenvalue weighted by Gasteiger charge is 2.72. The molecule has 1 saturated heterocycles. The minimum Gasteiger partial charge on any atom is -0.326 e. The van der Waals surface area contributed by atoms with Gasteiger partial charge in [0.15, 0.2) is 0 Å². The van der Waals surface area contributed by atoms with Gasteiger partial charge in [-0.2, -0.15) is 0 Å². The summed E-state index contributed by atoms with van der Waals surface area (Å²) in [6.45, 7) is -0.143. The SMILES string of the molecule is O=C(CCN1C(=O)[C@H]2[C@H](C1=O)C1(Cl)c3ccccc3C2(Cl)c2ccccc21)Nc1ccc([N+](=O)[O-])cc1. The van der Waals surface area contributed by atoms with Crippen molar-refractivity contribution in [1.29, 1.82) is 0 Å². The summed E-state index contributed by atoms with van der Waals surface area (Å²) in [5.74, 6) is -3.19. The molecule has 7 rings (SSSR count). The summed E-state index contributed by atoms with van der Waals surface area (Å²) in [5, 5.41) is 13.5. The number of nitro benzene ring substituents is 1. The topological polar surface area (TPSA) is 110 Å². The lowest BCUT2D eigenvalue weighted by atomic mass is 9.54. The van der Waals surface area contributed by atoms with Crippen LogP contribution in [0, 0.1) is 22.0 Å². The van der Waals surface area contributed by atoms with Crippen LogP contribution in [0.2, 0.25) is 0 Å². The number of hydrogen-bond donors (Lipinski definition) is 1. The molecule has 0 saturated carbocycles. The number of nitro groups is 1. The lowest BCUT2D eigenvalue weighted by Crippen LogP contribution is -2.57. The molecule has 37 heavy (non-hydrogen) atoms. The fourth-order valence-corrected chi connectivity index (χ4v) is 7.15. The number of amides is 3. The molecule has 3 aromatic carbocycles. The van der Waals surface area contributed by atoms with Gasteiger partial charge in [0.2, 0.25) is 17.7 Å². The number of carbonyl (C=O) groups is 3. The third kappa shape index (κ3) is 3.12. The van der Waals surface area contributed by atoms with Crippen LogP contribution in [0.3, 0.4) is 0 Å². The molecule has 8 nitrogen and oxygen atoms in total. The maximum absolute atomic E-state index is 13.7. The second-order valence-corrected chi connectivity index (χ2v) is 10.6. The molecule has 10 heteroatoms. The summed E-state index contributed by atoms with van der Waals surface area (Å²) in [6.07, 6.45) is -0.154. The van der Waals surface area contributed by atoms with E-state index >= 15 is 0 Å². The van der Waals surface area contributed by atoms with Gasteiger partial charge in [0.1, 0.15) is 9.75 Å². The average Bonchev–Trinajstić information content (AvgIpc) is 3.16. The summed E-state index contributed by atoms with van der Waals surface area (Å²) < 4.78 is 0. The second kappa shape index (κ2) is 8.13. The molecule has 3 amide bonds. The minimum absolute atomic E-state index is 0.101. The van der Waals surface area contributed by atoms with Crippen LogP contribution in [-0.4, -0.2) is 34.1 Å². The van der Waals surface area contributed by atoms with Crippen LogP contribution in [0.25, 0.3) is 0 Å². The Morgan fingerprint density at radius 3 is 1.68 bits per heavy atom. The zero-order chi connectivity index (χ0) is 26.1. The van der Waals surface area contributed by atoms with Gasteiger partial charge in [-0.1, -0.05) is 48.5 Å². The second-order valence-electron chi connectivity index (χ2n) is 9.40. The summed E-state index contributed by atoms with van der Waals surface area (Å²) in [6, 6.07) is 20.1. The Hall–Kier alpha value is -3.75. The standard InChI is InChI=1S/C27H19Cl2N3O5/c28-26-17-5-1-2-6-18(17)27(29,20-8-4-3-7-19(20)26)23-22(26)24(34)31(25(23)35)14-13-21(33)30-15-9-11-16(12-10-15)32(36)37/h1-12,22-23H,13-14H2,(H,30,33)/t22-,23-,26?,27?/m1/s1. The van der Waals surface area contributed by atoms with Crippen molar-refractivity contribution >= 4 is 52.3 Å². The number of carbonyl (C=O) groups excluding carboxylic acids is 3. The quantitative estimate of drug-likeness (QED) is 0.223. The number of nitrogens with one attached hydrogen (secondary N) is 1. The summed E-state index contributed by atoms with van der Waals surface area (Å²) in [7, 11) is 0.